The first kappa shape index (κ1) is 20.3. The Hall–Kier alpha value is -2.93. The van der Waals surface area contributed by atoms with Crippen LogP contribution in [0, 0.1) is 12.8 Å². The molecule has 1 aliphatic rings. The van der Waals surface area contributed by atoms with Crippen molar-refractivity contribution in [1.29, 1.82) is 0 Å². The summed E-state index contributed by atoms with van der Waals surface area (Å²) in [5.41, 5.74) is 3.48. The van der Waals surface area contributed by atoms with E-state index in [9.17, 15) is 4.79 Å². The van der Waals surface area contributed by atoms with Gasteiger partial charge >= 0.3 is 0 Å². The number of carbonyl (C=O) groups is 1. The molecule has 0 spiro atoms. The lowest BCUT2D eigenvalue weighted by Gasteiger charge is -2.18. The highest BCUT2D eigenvalue weighted by molar-refractivity contribution is 5.96. The third-order valence-electron chi connectivity index (χ3n) is 5.81. The summed E-state index contributed by atoms with van der Waals surface area (Å²) in [6.45, 7) is 4.80. The number of imidazole rings is 1. The summed E-state index contributed by atoms with van der Waals surface area (Å²) in [6.07, 6.45) is 3.59. The van der Waals surface area contributed by atoms with Gasteiger partial charge in [-0.15, -0.1) is 0 Å². The number of rotatable bonds is 7. The highest BCUT2D eigenvalue weighted by atomic mass is 16.5. The minimum Gasteiger partial charge on any atom is -0.497 e. The molecule has 1 aliphatic heterocycles. The van der Waals surface area contributed by atoms with Gasteiger partial charge in [0.05, 0.1) is 13.7 Å². The molecule has 1 saturated heterocycles. The molecule has 1 fully saturated rings. The molecule has 0 saturated carbocycles. The van der Waals surface area contributed by atoms with E-state index in [2.05, 4.69) is 9.55 Å². The molecule has 0 unspecified atom stereocenters. The van der Waals surface area contributed by atoms with E-state index in [-0.39, 0.29) is 5.91 Å². The van der Waals surface area contributed by atoms with Crippen molar-refractivity contribution >= 4 is 17.1 Å². The van der Waals surface area contributed by atoms with Gasteiger partial charge in [0, 0.05) is 44.9 Å². The number of aromatic nitrogens is 3. The van der Waals surface area contributed by atoms with Crippen molar-refractivity contribution in [3.63, 3.8) is 0 Å². The van der Waals surface area contributed by atoms with Crippen LogP contribution in [0.15, 0.2) is 36.5 Å². The van der Waals surface area contributed by atoms with Gasteiger partial charge < -0.3 is 18.9 Å². The molecule has 3 aromatic rings. The largest absolute Gasteiger partial charge is 0.497 e. The van der Waals surface area contributed by atoms with Crippen LogP contribution in [0.4, 0.5) is 0 Å². The minimum atomic E-state index is 0.0900. The van der Waals surface area contributed by atoms with E-state index >= 15 is 0 Å². The van der Waals surface area contributed by atoms with Crippen LogP contribution in [-0.2, 0) is 17.7 Å². The Kier molecular flexibility index (Phi) is 5.99. The molecule has 4 rings (SSSR count). The Morgan fingerprint density at radius 1 is 1.27 bits per heavy atom. The SMILES string of the molecule is COCCn1c(C[C@@H]2CCN(C(=O)c3ccc(OC)cc3C)C2)nc2cccnc21. The topological polar surface area (TPSA) is 69.5 Å². The molecule has 3 heterocycles. The molecule has 30 heavy (non-hydrogen) atoms. The van der Waals surface area contributed by atoms with E-state index in [1.165, 1.54) is 0 Å². The van der Waals surface area contributed by atoms with Gasteiger partial charge in [0.2, 0.25) is 0 Å². The van der Waals surface area contributed by atoms with Crippen LogP contribution in [0.2, 0.25) is 0 Å². The van der Waals surface area contributed by atoms with Gasteiger partial charge in [-0.05, 0) is 55.2 Å². The molecule has 7 nitrogen and oxygen atoms in total. The average Bonchev–Trinajstić information content (AvgIpc) is 3.36. The van der Waals surface area contributed by atoms with E-state index in [1.807, 2.05) is 42.2 Å². The highest BCUT2D eigenvalue weighted by Crippen LogP contribution is 2.26. The molecular weight excluding hydrogens is 380 g/mol. The zero-order chi connectivity index (χ0) is 21.1. The van der Waals surface area contributed by atoms with Gasteiger partial charge in [-0.1, -0.05) is 0 Å². The fourth-order valence-corrected chi connectivity index (χ4v) is 4.19. The van der Waals surface area contributed by atoms with Crippen molar-refractivity contribution in [2.24, 2.45) is 5.92 Å². The van der Waals surface area contributed by atoms with Crippen LogP contribution in [0.5, 0.6) is 5.75 Å². The predicted octanol–water partition coefficient (Wildman–Crippen LogP) is 3.10. The second-order valence-corrected chi connectivity index (χ2v) is 7.81. The van der Waals surface area contributed by atoms with Gasteiger partial charge in [0.1, 0.15) is 17.1 Å². The standard InChI is InChI=1S/C23H28N4O3/c1-16-13-18(30-3)6-7-19(16)23(28)26-10-8-17(15-26)14-21-25-20-5-4-9-24-22(20)27(21)11-12-29-2/h4-7,9,13,17H,8,10-12,14-15H2,1-3H3/t17-/m0/s1. The molecule has 158 valence electrons. The van der Waals surface area contributed by atoms with Crippen molar-refractivity contribution in [1.82, 2.24) is 19.4 Å². The number of ether oxygens (including phenoxy) is 2. The zero-order valence-corrected chi connectivity index (χ0v) is 17.8. The van der Waals surface area contributed by atoms with E-state index in [0.29, 0.717) is 12.5 Å². The number of aryl methyl sites for hydroxylation is 1. The Balaban J connectivity index is 1.48. The van der Waals surface area contributed by atoms with Crippen LogP contribution in [0.1, 0.15) is 28.2 Å². The number of fused-ring (bicyclic) bond motifs is 1. The molecule has 7 heteroatoms. The maximum absolute atomic E-state index is 13.1. The molecule has 0 bridgehead atoms. The van der Waals surface area contributed by atoms with Gasteiger partial charge in [0.15, 0.2) is 5.65 Å². The molecular formula is C23H28N4O3. The summed E-state index contributed by atoms with van der Waals surface area (Å²) in [7, 11) is 3.34. The summed E-state index contributed by atoms with van der Waals surface area (Å²) >= 11 is 0. The second kappa shape index (κ2) is 8.83. The lowest BCUT2D eigenvalue weighted by Crippen LogP contribution is -2.29. The van der Waals surface area contributed by atoms with Crippen molar-refractivity contribution in [3.8, 4) is 5.75 Å². The maximum atomic E-state index is 13.1. The molecule has 2 aromatic heterocycles. The zero-order valence-electron chi connectivity index (χ0n) is 17.8. The fraction of sp³-hybridized carbons (Fsp3) is 0.435. The number of pyridine rings is 1. The minimum absolute atomic E-state index is 0.0900. The van der Waals surface area contributed by atoms with E-state index in [4.69, 9.17) is 14.5 Å². The summed E-state index contributed by atoms with van der Waals surface area (Å²) in [6, 6.07) is 9.52. The Labute approximate surface area is 176 Å². The molecule has 1 aromatic carbocycles. The number of amides is 1. The molecule has 0 N–H and O–H groups in total. The quantitative estimate of drug-likeness (QED) is 0.601. The second-order valence-electron chi connectivity index (χ2n) is 7.81. The number of methoxy groups -OCH3 is 2. The van der Waals surface area contributed by atoms with E-state index in [0.717, 1.165) is 66.3 Å². The van der Waals surface area contributed by atoms with Crippen LogP contribution >= 0.6 is 0 Å². The van der Waals surface area contributed by atoms with Crippen LogP contribution in [0.25, 0.3) is 11.2 Å². The fourth-order valence-electron chi connectivity index (χ4n) is 4.19. The third-order valence-corrected chi connectivity index (χ3v) is 5.81. The van der Waals surface area contributed by atoms with Gasteiger partial charge in [0.25, 0.3) is 5.91 Å². The monoisotopic (exact) mass is 408 g/mol. The highest BCUT2D eigenvalue weighted by Gasteiger charge is 2.29. The van der Waals surface area contributed by atoms with E-state index < -0.39 is 0 Å². The number of benzene rings is 1. The Bertz CT molecular complexity index is 1050. The maximum Gasteiger partial charge on any atom is 0.254 e. The van der Waals surface area contributed by atoms with Gasteiger partial charge in [-0.3, -0.25) is 4.79 Å². The number of hydrogen-bond acceptors (Lipinski definition) is 5. The summed E-state index contributed by atoms with van der Waals surface area (Å²) in [5.74, 6) is 2.26. The summed E-state index contributed by atoms with van der Waals surface area (Å²) in [5, 5.41) is 0. The van der Waals surface area contributed by atoms with Crippen LogP contribution in [-0.4, -0.2) is 59.3 Å². The number of likely N-dealkylation sites (tertiary alicyclic amines) is 1. The average molecular weight is 409 g/mol. The smallest absolute Gasteiger partial charge is 0.254 e. The predicted molar refractivity (Wildman–Crippen MR) is 115 cm³/mol. The molecule has 1 atom stereocenters. The van der Waals surface area contributed by atoms with Crippen molar-refractivity contribution in [3.05, 3.63) is 53.5 Å². The molecule has 1 amide bonds. The Morgan fingerprint density at radius 3 is 2.90 bits per heavy atom. The normalized spacial score (nSPS) is 16.4. The summed E-state index contributed by atoms with van der Waals surface area (Å²) < 4.78 is 12.7. The van der Waals surface area contributed by atoms with Crippen molar-refractivity contribution < 1.29 is 14.3 Å². The van der Waals surface area contributed by atoms with E-state index in [1.54, 1.807) is 20.4 Å². The number of hydrogen-bond donors (Lipinski definition) is 0. The first-order valence-electron chi connectivity index (χ1n) is 10.3. The number of nitrogens with zero attached hydrogens (tertiary/aromatic N) is 4. The molecule has 0 aliphatic carbocycles. The van der Waals surface area contributed by atoms with Crippen LogP contribution in [0.3, 0.4) is 0 Å². The van der Waals surface area contributed by atoms with Crippen molar-refractivity contribution in [2.75, 3.05) is 33.9 Å². The van der Waals surface area contributed by atoms with Gasteiger partial charge in [-0.25, -0.2) is 9.97 Å². The Morgan fingerprint density at radius 2 is 2.13 bits per heavy atom. The number of carbonyl (C=O) groups excluding carboxylic acids is 1. The lowest BCUT2D eigenvalue weighted by atomic mass is 10.0. The van der Waals surface area contributed by atoms with Crippen molar-refractivity contribution in [2.45, 2.75) is 26.3 Å². The van der Waals surface area contributed by atoms with Crippen LogP contribution < -0.4 is 4.74 Å². The molecule has 0 radical (unpaired) electrons. The first-order chi connectivity index (χ1) is 14.6. The first-order valence-corrected chi connectivity index (χ1v) is 10.3. The lowest BCUT2D eigenvalue weighted by molar-refractivity contribution is 0.0786. The summed E-state index contributed by atoms with van der Waals surface area (Å²) in [4.78, 5) is 24.3. The third kappa shape index (κ3) is 4.03. The van der Waals surface area contributed by atoms with Gasteiger partial charge in [-0.2, -0.15) is 0 Å².